The molecule has 0 atom stereocenters. The van der Waals surface area contributed by atoms with E-state index in [-0.39, 0.29) is 20.1 Å². The molecule has 2 heterocycles. The molecule has 0 aliphatic carbocycles. The molecule has 0 spiro atoms. The molecule has 0 saturated heterocycles. The summed E-state index contributed by atoms with van der Waals surface area (Å²) in [6, 6.07) is 16.8. The summed E-state index contributed by atoms with van der Waals surface area (Å²) in [7, 11) is 0. The molecule has 0 aliphatic rings. The zero-order valence-corrected chi connectivity index (χ0v) is 14.0. The molecule has 0 N–H and O–H groups in total. The molecule has 0 fully saturated rings. The van der Waals surface area contributed by atoms with E-state index < -0.39 is 0 Å². The third-order valence-electron chi connectivity index (χ3n) is 3.22. The molecular formula is C16H11IrN4O-. The van der Waals surface area contributed by atoms with Crippen LogP contribution in [0.25, 0.3) is 28.2 Å². The second-order valence-electron chi connectivity index (χ2n) is 4.66. The minimum atomic E-state index is 0. The largest absolute Gasteiger partial charge is 0.461 e. The van der Waals surface area contributed by atoms with Gasteiger partial charge in [-0.3, -0.25) is 14.6 Å². The summed E-state index contributed by atoms with van der Waals surface area (Å²) in [5.41, 5.74) is 3.29. The molecule has 22 heavy (non-hydrogen) atoms. The Bertz CT molecular complexity index is 914. The van der Waals surface area contributed by atoms with Crippen LogP contribution < -0.4 is 0 Å². The maximum absolute atomic E-state index is 5.56. The quantitative estimate of drug-likeness (QED) is 0.425. The van der Waals surface area contributed by atoms with Crippen LogP contribution in [0.2, 0.25) is 0 Å². The van der Waals surface area contributed by atoms with Crippen molar-refractivity contribution in [1.82, 2.24) is 19.7 Å². The molecule has 111 valence electrons. The molecule has 1 radical (unpaired) electrons. The Kier molecular flexibility index (Phi) is 3.88. The van der Waals surface area contributed by atoms with Gasteiger partial charge in [-0.1, -0.05) is 24.3 Å². The van der Waals surface area contributed by atoms with E-state index in [4.69, 9.17) is 4.42 Å². The smallest absolute Gasteiger partial charge is 0.180 e. The molecule has 0 aliphatic heterocycles. The molecule has 2 aromatic carbocycles. The molecule has 0 saturated carbocycles. The monoisotopic (exact) mass is 468 g/mol. The van der Waals surface area contributed by atoms with Crippen LogP contribution in [0.1, 0.15) is 5.89 Å². The Morgan fingerprint density at radius 1 is 1.18 bits per heavy atom. The van der Waals surface area contributed by atoms with Crippen LogP contribution in [-0.4, -0.2) is 19.7 Å². The summed E-state index contributed by atoms with van der Waals surface area (Å²) in [5.74, 6) is 1.36. The van der Waals surface area contributed by atoms with Gasteiger partial charge in [-0.25, -0.2) is 0 Å². The number of para-hydroxylation sites is 1. The van der Waals surface area contributed by atoms with E-state index in [0.717, 1.165) is 28.2 Å². The first-order valence-electron chi connectivity index (χ1n) is 6.56. The SMILES string of the molecule is Cc1nc2c[c-]c(-c3ncnn3-c3ccccc3)cc2o1.[Ir]. The van der Waals surface area contributed by atoms with Crippen molar-refractivity contribution in [3.05, 3.63) is 60.7 Å². The first-order chi connectivity index (χ1) is 10.3. The zero-order valence-electron chi connectivity index (χ0n) is 11.6. The number of rotatable bonds is 2. The fourth-order valence-electron chi connectivity index (χ4n) is 2.30. The standard InChI is InChI=1S/C16H11N4O.Ir/c1-11-19-14-8-7-12(9-15(14)21-11)16-17-10-18-20(16)13-5-3-2-4-6-13;/h2-6,8-10H,1H3;/q-1;. The van der Waals surface area contributed by atoms with Crippen molar-refractivity contribution >= 4 is 11.1 Å². The first kappa shape index (κ1) is 14.6. The van der Waals surface area contributed by atoms with Gasteiger partial charge >= 0.3 is 0 Å². The van der Waals surface area contributed by atoms with Gasteiger partial charge in [-0.15, -0.1) is 17.7 Å². The number of hydrogen-bond donors (Lipinski definition) is 0. The first-order valence-corrected chi connectivity index (χ1v) is 6.56. The molecular weight excluding hydrogens is 456 g/mol. The van der Waals surface area contributed by atoms with Gasteiger partial charge in [0.05, 0.1) is 17.1 Å². The van der Waals surface area contributed by atoms with E-state index in [0.29, 0.717) is 5.89 Å². The summed E-state index contributed by atoms with van der Waals surface area (Å²) >= 11 is 0. The van der Waals surface area contributed by atoms with Crippen molar-refractivity contribution in [3.8, 4) is 17.1 Å². The van der Waals surface area contributed by atoms with Crippen LogP contribution in [0, 0.1) is 13.0 Å². The van der Waals surface area contributed by atoms with Crippen molar-refractivity contribution in [1.29, 1.82) is 0 Å². The predicted octanol–water partition coefficient (Wildman–Crippen LogP) is 3.18. The van der Waals surface area contributed by atoms with Crippen LogP contribution >= 0.6 is 0 Å². The average Bonchev–Trinajstić information content (AvgIpc) is 3.12. The number of benzene rings is 2. The predicted molar refractivity (Wildman–Crippen MR) is 77.9 cm³/mol. The maximum atomic E-state index is 5.56. The van der Waals surface area contributed by atoms with E-state index >= 15 is 0 Å². The molecule has 2 aromatic heterocycles. The van der Waals surface area contributed by atoms with Crippen LogP contribution in [0.4, 0.5) is 0 Å². The zero-order chi connectivity index (χ0) is 14.2. The second-order valence-corrected chi connectivity index (χ2v) is 4.66. The Morgan fingerprint density at radius 2 is 2.00 bits per heavy atom. The number of nitrogens with zero attached hydrogens (tertiary/aromatic N) is 4. The minimum absolute atomic E-state index is 0. The molecule has 4 rings (SSSR count). The topological polar surface area (TPSA) is 56.7 Å². The maximum Gasteiger partial charge on any atom is 0.180 e. The van der Waals surface area contributed by atoms with Gasteiger partial charge in [-0.2, -0.15) is 5.10 Å². The van der Waals surface area contributed by atoms with Gasteiger partial charge in [0.2, 0.25) is 0 Å². The normalized spacial score (nSPS) is 10.6. The third-order valence-corrected chi connectivity index (χ3v) is 3.22. The van der Waals surface area contributed by atoms with E-state index in [1.807, 2.05) is 49.4 Å². The van der Waals surface area contributed by atoms with Crippen LogP contribution in [-0.2, 0) is 20.1 Å². The third kappa shape index (κ3) is 2.47. The van der Waals surface area contributed by atoms with Gasteiger partial charge in [0, 0.05) is 32.5 Å². The minimum Gasteiger partial charge on any atom is -0.461 e. The molecule has 6 heteroatoms. The van der Waals surface area contributed by atoms with Gasteiger partial charge in [-0.05, 0) is 12.1 Å². The van der Waals surface area contributed by atoms with E-state index in [2.05, 4.69) is 21.1 Å². The summed E-state index contributed by atoms with van der Waals surface area (Å²) < 4.78 is 7.34. The van der Waals surface area contributed by atoms with Gasteiger partial charge < -0.3 is 4.42 Å². The van der Waals surface area contributed by atoms with E-state index in [1.165, 1.54) is 6.33 Å². The van der Waals surface area contributed by atoms with Crippen LogP contribution in [0.3, 0.4) is 0 Å². The fraction of sp³-hybridized carbons (Fsp3) is 0.0625. The Labute approximate surface area is 140 Å². The van der Waals surface area contributed by atoms with Crippen LogP contribution in [0.5, 0.6) is 0 Å². The summed E-state index contributed by atoms with van der Waals surface area (Å²) in [6.45, 7) is 1.83. The number of fused-ring (bicyclic) bond motifs is 1. The summed E-state index contributed by atoms with van der Waals surface area (Å²) in [4.78, 5) is 8.61. The van der Waals surface area contributed by atoms with Crippen LogP contribution in [0.15, 0.2) is 53.2 Å². The van der Waals surface area contributed by atoms with Crippen molar-refractivity contribution in [2.24, 2.45) is 0 Å². The molecule has 5 nitrogen and oxygen atoms in total. The molecule has 4 aromatic rings. The van der Waals surface area contributed by atoms with E-state index in [9.17, 15) is 0 Å². The number of aryl methyl sites for hydroxylation is 1. The van der Waals surface area contributed by atoms with Crippen molar-refractivity contribution in [3.63, 3.8) is 0 Å². The summed E-state index contributed by atoms with van der Waals surface area (Å²) in [6.07, 6.45) is 1.53. The Balaban J connectivity index is 0.00000144. The molecule has 0 amide bonds. The van der Waals surface area contributed by atoms with Gasteiger partial charge in [0.1, 0.15) is 6.33 Å². The fourth-order valence-corrected chi connectivity index (χ4v) is 2.30. The van der Waals surface area contributed by atoms with Crippen molar-refractivity contribution in [2.75, 3.05) is 0 Å². The number of oxazole rings is 1. The molecule has 0 bridgehead atoms. The second kappa shape index (κ2) is 5.83. The molecule has 0 unspecified atom stereocenters. The van der Waals surface area contributed by atoms with Crippen molar-refractivity contribution in [2.45, 2.75) is 6.92 Å². The summed E-state index contributed by atoms with van der Waals surface area (Å²) in [5, 5.41) is 4.29. The Morgan fingerprint density at radius 3 is 2.82 bits per heavy atom. The van der Waals surface area contributed by atoms with Gasteiger partial charge in [0.25, 0.3) is 0 Å². The van der Waals surface area contributed by atoms with E-state index in [1.54, 1.807) is 4.68 Å². The van der Waals surface area contributed by atoms with Gasteiger partial charge in [0.15, 0.2) is 5.89 Å². The number of aromatic nitrogens is 4. The number of hydrogen-bond acceptors (Lipinski definition) is 4. The Hall–Kier alpha value is -2.30. The van der Waals surface area contributed by atoms with Crippen molar-refractivity contribution < 1.29 is 24.5 Å². The average molecular weight is 468 g/mol.